The minimum Gasteiger partial charge on any atom is -0.334 e. The summed E-state index contributed by atoms with van der Waals surface area (Å²) in [7, 11) is 0. The van der Waals surface area contributed by atoms with Gasteiger partial charge in [0.25, 0.3) is 5.91 Å². The molecule has 4 heteroatoms. The summed E-state index contributed by atoms with van der Waals surface area (Å²) in [6.45, 7) is 5.11. The lowest BCUT2D eigenvalue weighted by Crippen LogP contribution is -2.44. The van der Waals surface area contributed by atoms with Gasteiger partial charge in [-0.15, -0.1) is 0 Å². The quantitative estimate of drug-likeness (QED) is 0.867. The van der Waals surface area contributed by atoms with E-state index in [9.17, 15) is 4.79 Å². The van der Waals surface area contributed by atoms with E-state index in [0.717, 1.165) is 49.3 Å². The third-order valence-corrected chi connectivity index (χ3v) is 4.50. The van der Waals surface area contributed by atoms with Crippen LogP contribution in [0.5, 0.6) is 0 Å². The van der Waals surface area contributed by atoms with Gasteiger partial charge in [-0.25, -0.2) is 4.98 Å². The van der Waals surface area contributed by atoms with Gasteiger partial charge < -0.3 is 4.90 Å². The number of carbonyl (C=O) groups excluding carboxylic acids is 1. The van der Waals surface area contributed by atoms with E-state index in [-0.39, 0.29) is 5.91 Å². The molecule has 2 aromatic rings. The molecule has 0 saturated carbocycles. The molecule has 1 unspecified atom stereocenters. The molecule has 0 spiro atoms. The highest BCUT2D eigenvalue weighted by atomic mass is 16.2. The lowest BCUT2D eigenvalue weighted by atomic mass is 9.99. The van der Waals surface area contributed by atoms with E-state index in [1.807, 2.05) is 28.8 Å². The van der Waals surface area contributed by atoms with Crippen molar-refractivity contribution in [1.29, 1.82) is 0 Å². The molecule has 1 aliphatic rings. The smallest absolute Gasteiger partial charge is 0.273 e. The first-order valence-corrected chi connectivity index (χ1v) is 8.03. The van der Waals surface area contributed by atoms with E-state index in [0.29, 0.717) is 6.04 Å². The van der Waals surface area contributed by atoms with Crippen LogP contribution in [-0.4, -0.2) is 32.8 Å². The Hall–Kier alpha value is -1.84. The molecular weight excluding hydrogens is 262 g/mol. The highest BCUT2D eigenvalue weighted by molar-refractivity contribution is 5.95. The van der Waals surface area contributed by atoms with Crippen LogP contribution in [-0.2, 0) is 6.42 Å². The normalized spacial score (nSPS) is 19.1. The second-order valence-electron chi connectivity index (χ2n) is 5.75. The fourth-order valence-corrected chi connectivity index (χ4v) is 3.35. The largest absolute Gasteiger partial charge is 0.334 e. The number of amides is 1. The molecule has 3 rings (SSSR count). The minimum atomic E-state index is 0.150. The number of piperidine rings is 1. The maximum absolute atomic E-state index is 13.1. The van der Waals surface area contributed by atoms with Gasteiger partial charge in [0.15, 0.2) is 0 Å². The standard InChI is InChI=1S/C17H23N3O/c1-3-13-9-5-7-11-19(13)17(21)16-14(4-2)18-15-10-6-8-12-20(15)16/h6,8,10,12-13H,3-5,7,9,11H2,1-2H3. The molecule has 0 aliphatic carbocycles. The van der Waals surface area contributed by atoms with Crippen molar-refractivity contribution >= 4 is 11.6 Å². The zero-order valence-electron chi connectivity index (χ0n) is 12.9. The van der Waals surface area contributed by atoms with Gasteiger partial charge in [-0.3, -0.25) is 9.20 Å². The molecule has 2 aromatic heterocycles. The summed E-state index contributed by atoms with van der Waals surface area (Å²) in [5.41, 5.74) is 2.53. The van der Waals surface area contributed by atoms with Crippen LogP contribution in [0.25, 0.3) is 5.65 Å². The van der Waals surface area contributed by atoms with Crippen molar-refractivity contribution in [2.75, 3.05) is 6.54 Å². The monoisotopic (exact) mass is 285 g/mol. The number of nitrogens with zero attached hydrogens (tertiary/aromatic N) is 3. The van der Waals surface area contributed by atoms with Crippen molar-refractivity contribution in [2.45, 2.75) is 52.0 Å². The molecule has 1 saturated heterocycles. The fraction of sp³-hybridized carbons (Fsp3) is 0.529. The van der Waals surface area contributed by atoms with Gasteiger partial charge in [0.2, 0.25) is 0 Å². The van der Waals surface area contributed by atoms with Crippen LogP contribution in [0.15, 0.2) is 24.4 Å². The second-order valence-corrected chi connectivity index (χ2v) is 5.75. The molecule has 0 bridgehead atoms. The number of imidazole rings is 1. The van der Waals surface area contributed by atoms with E-state index in [1.165, 1.54) is 6.42 Å². The fourth-order valence-electron chi connectivity index (χ4n) is 3.35. The number of hydrogen-bond acceptors (Lipinski definition) is 2. The molecule has 1 aliphatic heterocycles. The zero-order chi connectivity index (χ0) is 14.8. The Balaban J connectivity index is 2.04. The Bertz CT molecular complexity index is 647. The average Bonchev–Trinajstić information content (AvgIpc) is 2.92. The molecule has 21 heavy (non-hydrogen) atoms. The molecular formula is C17H23N3O. The number of carbonyl (C=O) groups is 1. The predicted molar refractivity (Wildman–Crippen MR) is 83.5 cm³/mol. The number of fused-ring (bicyclic) bond motifs is 1. The summed E-state index contributed by atoms with van der Waals surface area (Å²) in [5, 5.41) is 0. The van der Waals surface area contributed by atoms with Crippen molar-refractivity contribution in [1.82, 2.24) is 14.3 Å². The number of aryl methyl sites for hydroxylation is 1. The summed E-state index contributed by atoms with van der Waals surface area (Å²) < 4.78 is 1.95. The van der Waals surface area contributed by atoms with Crippen LogP contribution < -0.4 is 0 Å². The predicted octanol–water partition coefficient (Wildman–Crippen LogP) is 3.30. The van der Waals surface area contributed by atoms with E-state index < -0.39 is 0 Å². The summed E-state index contributed by atoms with van der Waals surface area (Å²) in [6.07, 6.45) is 7.23. The number of aromatic nitrogens is 2. The lowest BCUT2D eigenvalue weighted by Gasteiger charge is -2.35. The van der Waals surface area contributed by atoms with Crippen LogP contribution in [0.3, 0.4) is 0 Å². The molecule has 0 radical (unpaired) electrons. The van der Waals surface area contributed by atoms with Gasteiger partial charge >= 0.3 is 0 Å². The molecule has 112 valence electrons. The third kappa shape index (κ3) is 2.43. The highest BCUT2D eigenvalue weighted by Gasteiger charge is 2.29. The molecule has 4 nitrogen and oxygen atoms in total. The maximum atomic E-state index is 13.1. The van der Waals surface area contributed by atoms with Crippen LogP contribution in [0.2, 0.25) is 0 Å². The summed E-state index contributed by atoms with van der Waals surface area (Å²) >= 11 is 0. The van der Waals surface area contributed by atoms with Crippen LogP contribution in [0, 0.1) is 0 Å². The second kappa shape index (κ2) is 5.88. The maximum Gasteiger partial charge on any atom is 0.273 e. The van der Waals surface area contributed by atoms with Crippen molar-refractivity contribution in [2.24, 2.45) is 0 Å². The van der Waals surface area contributed by atoms with Crippen LogP contribution in [0.4, 0.5) is 0 Å². The molecule has 0 aromatic carbocycles. The van der Waals surface area contributed by atoms with Crippen molar-refractivity contribution in [3.05, 3.63) is 35.8 Å². The van der Waals surface area contributed by atoms with Crippen molar-refractivity contribution < 1.29 is 4.79 Å². The first-order valence-electron chi connectivity index (χ1n) is 8.03. The Morgan fingerprint density at radius 3 is 2.95 bits per heavy atom. The summed E-state index contributed by atoms with van der Waals surface area (Å²) in [4.78, 5) is 19.8. The van der Waals surface area contributed by atoms with E-state index in [2.05, 4.69) is 23.7 Å². The Labute approximate surface area is 125 Å². The van der Waals surface area contributed by atoms with Gasteiger partial charge in [-0.2, -0.15) is 0 Å². The van der Waals surface area contributed by atoms with E-state index >= 15 is 0 Å². The van der Waals surface area contributed by atoms with Gasteiger partial charge in [-0.05, 0) is 44.2 Å². The summed E-state index contributed by atoms with van der Waals surface area (Å²) in [6, 6.07) is 6.26. The topological polar surface area (TPSA) is 37.6 Å². The zero-order valence-corrected chi connectivity index (χ0v) is 12.9. The van der Waals surface area contributed by atoms with Crippen LogP contribution >= 0.6 is 0 Å². The first-order chi connectivity index (χ1) is 10.3. The summed E-state index contributed by atoms with van der Waals surface area (Å²) in [5.74, 6) is 0.150. The SMILES string of the molecule is CCc1nc2ccccn2c1C(=O)N1CCCCC1CC. The Morgan fingerprint density at radius 1 is 1.33 bits per heavy atom. The molecule has 0 N–H and O–H groups in total. The van der Waals surface area contributed by atoms with Gasteiger partial charge in [-0.1, -0.05) is 19.9 Å². The van der Waals surface area contributed by atoms with E-state index in [4.69, 9.17) is 0 Å². The third-order valence-electron chi connectivity index (χ3n) is 4.50. The number of rotatable bonds is 3. The van der Waals surface area contributed by atoms with Crippen LogP contribution in [0.1, 0.15) is 55.7 Å². The van der Waals surface area contributed by atoms with Crippen molar-refractivity contribution in [3.8, 4) is 0 Å². The number of hydrogen-bond donors (Lipinski definition) is 0. The van der Waals surface area contributed by atoms with Crippen molar-refractivity contribution in [3.63, 3.8) is 0 Å². The molecule has 1 atom stereocenters. The first kappa shape index (κ1) is 14.1. The number of pyridine rings is 1. The Morgan fingerprint density at radius 2 is 2.19 bits per heavy atom. The highest BCUT2D eigenvalue weighted by Crippen LogP contribution is 2.24. The minimum absolute atomic E-state index is 0.150. The van der Waals surface area contributed by atoms with Gasteiger partial charge in [0.05, 0.1) is 5.69 Å². The molecule has 1 fully saturated rings. The molecule has 3 heterocycles. The Kier molecular flexibility index (Phi) is 3.95. The van der Waals surface area contributed by atoms with E-state index in [1.54, 1.807) is 0 Å². The lowest BCUT2D eigenvalue weighted by molar-refractivity contribution is 0.0599. The molecule has 1 amide bonds. The number of likely N-dealkylation sites (tertiary alicyclic amines) is 1. The van der Waals surface area contributed by atoms with Gasteiger partial charge in [0.1, 0.15) is 11.3 Å². The van der Waals surface area contributed by atoms with Gasteiger partial charge in [0, 0.05) is 18.8 Å². The average molecular weight is 285 g/mol.